The van der Waals surface area contributed by atoms with Crippen molar-refractivity contribution >= 4 is 23.4 Å². The summed E-state index contributed by atoms with van der Waals surface area (Å²) in [4.78, 5) is 13.4. The van der Waals surface area contributed by atoms with Gasteiger partial charge in [-0.25, -0.2) is 9.48 Å². The van der Waals surface area contributed by atoms with Crippen LogP contribution in [0.3, 0.4) is 0 Å². The summed E-state index contributed by atoms with van der Waals surface area (Å²) < 4.78 is 38.2. The topological polar surface area (TPSA) is 47.2 Å². The van der Waals surface area contributed by atoms with Gasteiger partial charge in [-0.1, -0.05) is 11.6 Å². The minimum Gasteiger partial charge on any atom is -0.239 e. The molecule has 98 valence electrons. The molecule has 0 aliphatic carbocycles. The predicted molar refractivity (Wildman–Crippen MR) is 61.4 cm³/mol. The zero-order chi connectivity index (χ0) is 14.0. The molecule has 0 radical (unpaired) electrons. The average molecular weight is 288 g/mol. The van der Waals surface area contributed by atoms with Crippen LogP contribution in [0, 0.1) is 0 Å². The molecule has 0 aliphatic heterocycles. The van der Waals surface area contributed by atoms with Crippen LogP contribution in [0.4, 0.5) is 18.9 Å². The molecule has 0 saturated heterocycles. The van der Waals surface area contributed by atoms with Crippen molar-refractivity contribution < 1.29 is 18.0 Å². The van der Waals surface area contributed by atoms with Crippen molar-refractivity contribution in [2.45, 2.75) is 6.18 Å². The molecule has 1 heterocycles. The lowest BCUT2D eigenvalue weighted by atomic mass is 10.3. The van der Waals surface area contributed by atoms with Crippen molar-refractivity contribution in [1.82, 2.24) is 9.78 Å². The van der Waals surface area contributed by atoms with Gasteiger partial charge in [-0.2, -0.15) is 23.3 Å². The van der Waals surface area contributed by atoms with Crippen molar-refractivity contribution in [2.75, 3.05) is 0 Å². The molecule has 2 rings (SSSR count). The van der Waals surface area contributed by atoms with Gasteiger partial charge in [0.1, 0.15) is 0 Å². The highest BCUT2D eigenvalue weighted by molar-refractivity contribution is 6.32. The molecule has 1 aromatic heterocycles. The van der Waals surface area contributed by atoms with E-state index < -0.39 is 11.9 Å². The number of rotatable bonds is 2. The molecule has 0 unspecified atom stereocenters. The molecule has 0 fully saturated rings. The molecule has 2 aromatic rings. The summed E-state index contributed by atoms with van der Waals surface area (Å²) in [6.07, 6.45) is -2.03. The van der Waals surface area contributed by atoms with E-state index in [0.717, 1.165) is 16.9 Å². The summed E-state index contributed by atoms with van der Waals surface area (Å²) in [7, 11) is 0. The van der Waals surface area contributed by atoms with Crippen LogP contribution in [0.25, 0.3) is 5.69 Å². The third kappa shape index (κ3) is 2.83. The largest absolute Gasteiger partial charge is 0.435 e. The first-order valence-corrected chi connectivity index (χ1v) is 5.30. The van der Waals surface area contributed by atoms with Crippen molar-refractivity contribution in [3.8, 4) is 5.69 Å². The number of nitrogens with zero attached hydrogens (tertiary/aromatic N) is 3. The van der Waals surface area contributed by atoms with Crippen molar-refractivity contribution in [2.24, 2.45) is 4.99 Å². The number of hydrogen-bond donors (Lipinski definition) is 0. The Kier molecular flexibility index (Phi) is 3.42. The Balaban J connectivity index is 2.42. The number of isocyanates is 1. The Morgan fingerprint density at radius 3 is 2.58 bits per heavy atom. The number of aromatic nitrogens is 2. The second kappa shape index (κ2) is 4.87. The van der Waals surface area contributed by atoms with E-state index in [9.17, 15) is 18.0 Å². The fourth-order valence-electron chi connectivity index (χ4n) is 1.41. The summed E-state index contributed by atoms with van der Waals surface area (Å²) in [6.45, 7) is 0. The Morgan fingerprint density at radius 2 is 2.05 bits per heavy atom. The number of halogens is 4. The van der Waals surface area contributed by atoms with Gasteiger partial charge in [-0.3, -0.25) is 0 Å². The van der Waals surface area contributed by atoms with E-state index in [2.05, 4.69) is 10.1 Å². The third-order valence-electron chi connectivity index (χ3n) is 2.23. The first kappa shape index (κ1) is 13.3. The minimum absolute atomic E-state index is 0.119. The molecule has 1 aromatic carbocycles. The van der Waals surface area contributed by atoms with E-state index >= 15 is 0 Å². The summed E-state index contributed by atoms with van der Waals surface area (Å²) in [5.41, 5.74) is -0.507. The molecule has 4 nitrogen and oxygen atoms in total. The van der Waals surface area contributed by atoms with E-state index in [1.165, 1.54) is 24.3 Å². The van der Waals surface area contributed by atoms with Crippen LogP contribution >= 0.6 is 11.6 Å². The van der Waals surface area contributed by atoms with Crippen LogP contribution in [0.15, 0.2) is 35.5 Å². The molecule has 0 amide bonds. The van der Waals surface area contributed by atoms with Gasteiger partial charge in [0.2, 0.25) is 6.08 Å². The molecular formula is C11H5ClF3N3O. The number of benzene rings is 1. The lowest BCUT2D eigenvalue weighted by Crippen LogP contribution is -2.07. The predicted octanol–water partition coefficient (Wildman–Crippen LogP) is 3.51. The standard InChI is InChI=1S/C11H5ClF3N3O/c12-8-5-7(16-6-19)1-2-9(8)18-4-3-10(17-18)11(13,14)15/h1-5H. The molecule has 0 aliphatic rings. The fraction of sp³-hybridized carbons (Fsp3) is 0.0909. The maximum Gasteiger partial charge on any atom is 0.435 e. The second-order valence-corrected chi connectivity index (χ2v) is 3.89. The second-order valence-electron chi connectivity index (χ2n) is 3.48. The third-order valence-corrected chi connectivity index (χ3v) is 2.54. The molecule has 0 N–H and O–H groups in total. The highest BCUT2D eigenvalue weighted by Gasteiger charge is 2.33. The van der Waals surface area contributed by atoms with Gasteiger partial charge >= 0.3 is 6.18 Å². The molecule has 8 heteroatoms. The van der Waals surface area contributed by atoms with Gasteiger partial charge in [0, 0.05) is 6.20 Å². The highest BCUT2D eigenvalue weighted by atomic mass is 35.5. The van der Waals surface area contributed by atoms with Crippen LogP contribution in [0.1, 0.15) is 5.69 Å². The van der Waals surface area contributed by atoms with Gasteiger partial charge in [-0.15, -0.1) is 0 Å². The van der Waals surface area contributed by atoms with Gasteiger partial charge < -0.3 is 0 Å². The molecule has 0 spiro atoms. The Morgan fingerprint density at radius 1 is 1.32 bits per heavy atom. The van der Waals surface area contributed by atoms with Crippen molar-refractivity contribution in [3.63, 3.8) is 0 Å². The van der Waals surface area contributed by atoms with Gasteiger partial charge in [0.15, 0.2) is 5.69 Å². The van der Waals surface area contributed by atoms with Crippen molar-refractivity contribution in [1.29, 1.82) is 0 Å². The summed E-state index contributed by atoms with van der Waals surface area (Å²) in [6, 6.07) is 5.00. The number of hydrogen-bond acceptors (Lipinski definition) is 3. The van der Waals surface area contributed by atoms with E-state index in [1.54, 1.807) is 0 Å². The Labute approximate surface area is 110 Å². The van der Waals surface area contributed by atoms with E-state index in [-0.39, 0.29) is 16.4 Å². The lowest BCUT2D eigenvalue weighted by Gasteiger charge is -2.05. The van der Waals surface area contributed by atoms with Crippen LogP contribution < -0.4 is 0 Å². The Bertz CT molecular complexity index is 659. The average Bonchev–Trinajstić information content (AvgIpc) is 2.78. The van der Waals surface area contributed by atoms with E-state index in [4.69, 9.17) is 11.6 Å². The van der Waals surface area contributed by atoms with Gasteiger partial charge in [0.05, 0.1) is 16.4 Å². The number of alkyl halides is 3. The molecule has 0 bridgehead atoms. The highest BCUT2D eigenvalue weighted by Crippen LogP contribution is 2.30. The van der Waals surface area contributed by atoms with Crippen molar-refractivity contribution in [3.05, 3.63) is 41.2 Å². The Hall–Kier alpha value is -2.11. The van der Waals surface area contributed by atoms with Crippen LogP contribution in [-0.4, -0.2) is 15.9 Å². The summed E-state index contributed by atoms with van der Waals surface area (Å²) in [5.74, 6) is 0. The van der Waals surface area contributed by atoms with Crippen LogP contribution in [0.2, 0.25) is 5.02 Å². The maximum absolute atomic E-state index is 12.4. The molecule has 19 heavy (non-hydrogen) atoms. The van der Waals surface area contributed by atoms with Gasteiger partial charge in [-0.05, 0) is 24.3 Å². The summed E-state index contributed by atoms with van der Waals surface area (Å²) >= 11 is 5.89. The maximum atomic E-state index is 12.4. The molecule has 0 atom stereocenters. The van der Waals surface area contributed by atoms with E-state index in [1.807, 2.05) is 0 Å². The first-order valence-electron chi connectivity index (χ1n) is 4.92. The minimum atomic E-state index is -4.51. The number of aliphatic imine (C=N–C) groups is 1. The first-order chi connectivity index (χ1) is 8.91. The van der Waals surface area contributed by atoms with Crippen LogP contribution in [-0.2, 0) is 11.0 Å². The molecular weight excluding hydrogens is 283 g/mol. The fourth-order valence-corrected chi connectivity index (χ4v) is 1.67. The monoisotopic (exact) mass is 287 g/mol. The normalized spacial score (nSPS) is 11.2. The van der Waals surface area contributed by atoms with Crippen LogP contribution in [0.5, 0.6) is 0 Å². The van der Waals surface area contributed by atoms with E-state index in [0.29, 0.717) is 0 Å². The SMILES string of the molecule is O=C=Nc1ccc(-n2ccc(C(F)(F)F)n2)c(Cl)c1. The smallest absolute Gasteiger partial charge is 0.239 e. The van der Waals surface area contributed by atoms with Gasteiger partial charge in [0.25, 0.3) is 0 Å². The lowest BCUT2D eigenvalue weighted by molar-refractivity contribution is -0.141. The summed E-state index contributed by atoms with van der Waals surface area (Å²) in [5, 5.41) is 3.51. The zero-order valence-electron chi connectivity index (χ0n) is 9.15. The molecule has 0 saturated carbocycles. The zero-order valence-corrected chi connectivity index (χ0v) is 9.90. The quantitative estimate of drug-likeness (QED) is 0.627. The number of carbonyl (C=O) groups excluding carboxylic acids is 1.